The summed E-state index contributed by atoms with van der Waals surface area (Å²) in [6, 6.07) is -1.54. The largest absolute Gasteiger partial charge is 0.404 e. The Balaban J connectivity index is 2.47. The van der Waals surface area contributed by atoms with Crippen molar-refractivity contribution in [3.8, 4) is 0 Å². The van der Waals surface area contributed by atoms with E-state index in [2.05, 4.69) is 0 Å². The first-order chi connectivity index (χ1) is 14.5. The van der Waals surface area contributed by atoms with E-state index in [1.54, 1.807) is 5.32 Å². The van der Waals surface area contributed by atoms with Gasteiger partial charge in [0.05, 0.1) is 11.3 Å². The van der Waals surface area contributed by atoms with Crippen molar-refractivity contribution in [3.05, 3.63) is 47.0 Å². The number of benzene rings is 1. The highest BCUT2D eigenvalue weighted by atomic mass is 32.2. The molecule has 0 aliphatic heterocycles. The number of sulfonamides is 1. The Hall–Kier alpha value is -2.68. The molecule has 178 valence electrons. The van der Waals surface area contributed by atoms with E-state index >= 15 is 0 Å². The molecule has 1 N–H and O–H groups in total. The van der Waals surface area contributed by atoms with Crippen LogP contribution in [-0.2, 0) is 17.1 Å². The number of alkyl halides is 5. The lowest BCUT2D eigenvalue weighted by Crippen LogP contribution is -2.44. The van der Waals surface area contributed by atoms with Crippen molar-refractivity contribution in [1.82, 2.24) is 8.87 Å². The van der Waals surface area contributed by atoms with E-state index in [4.69, 9.17) is 0 Å². The van der Waals surface area contributed by atoms with Gasteiger partial charge in [-0.15, -0.1) is 0 Å². The molecule has 1 atom stereocenters. The number of nitrogens with one attached hydrogen (secondary N) is 1. The molecule has 1 amide bonds. The fourth-order valence-corrected chi connectivity index (χ4v) is 4.09. The first-order valence-corrected chi connectivity index (χ1v) is 9.92. The number of halogens is 8. The molecule has 0 saturated heterocycles. The zero-order valence-corrected chi connectivity index (χ0v) is 17.3. The molecule has 1 heterocycles. The van der Waals surface area contributed by atoms with Gasteiger partial charge in [0.1, 0.15) is 22.4 Å². The third-order valence-corrected chi connectivity index (χ3v) is 6.49. The van der Waals surface area contributed by atoms with Gasteiger partial charge in [0, 0.05) is 20.3 Å². The molecular formula is C17H15F8N3O3S. The summed E-state index contributed by atoms with van der Waals surface area (Å²) in [5.74, 6) is -6.73. The van der Waals surface area contributed by atoms with Gasteiger partial charge in [-0.05, 0) is 19.1 Å². The number of aromatic nitrogens is 1. The van der Waals surface area contributed by atoms with E-state index in [1.807, 2.05) is 0 Å². The first-order valence-electron chi connectivity index (χ1n) is 8.48. The lowest BCUT2D eigenvalue weighted by atomic mass is 10.1. The second-order valence-electron chi connectivity index (χ2n) is 6.58. The van der Waals surface area contributed by atoms with Gasteiger partial charge < -0.3 is 9.88 Å². The molecule has 1 aromatic carbocycles. The summed E-state index contributed by atoms with van der Waals surface area (Å²) in [5.41, 5.74) is -3.67. The standard InChI is InChI=1S/C17H15F8N3O3S/c1-7(17(23,24)25)28(3)32(30,31)10-6-27(2)14(13(10)20)16(29)26-9-5-4-8(18)11(12(9)19)15(21)22/h4-7,15H,1-3H3,(H,26,29)/t7-/m1/s1. The highest BCUT2D eigenvalue weighted by Crippen LogP contribution is 2.32. The van der Waals surface area contributed by atoms with E-state index in [0.29, 0.717) is 36.9 Å². The Labute approximate surface area is 176 Å². The maximum Gasteiger partial charge on any atom is 0.404 e. The highest BCUT2D eigenvalue weighted by Gasteiger charge is 2.44. The summed E-state index contributed by atoms with van der Waals surface area (Å²) in [6.45, 7) is 0.518. The van der Waals surface area contributed by atoms with E-state index in [-0.39, 0.29) is 4.31 Å². The van der Waals surface area contributed by atoms with Crippen molar-refractivity contribution in [3.63, 3.8) is 0 Å². The van der Waals surface area contributed by atoms with Gasteiger partial charge in [-0.25, -0.2) is 30.4 Å². The maximum atomic E-state index is 14.8. The smallest absolute Gasteiger partial charge is 0.343 e. The SMILES string of the molecule is C[C@@H](N(C)S(=O)(=O)c1cn(C)c(C(=O)Nc2ccc(F)c(C(F)F)c2F)c1F)C(F)(F)F. The quantitative estimate of drug-likeness (QED) is 0.614. The first kappa shape index (κ1) is 25.6. The van der Waals surface area contributed by atoms with Gasteiger partial charge in [-0.2, -0.15) is 17.5 Å². The lowest BCUT2D eigenvalue weighted by Gasteiger charge is -2.25. The predicted molar refractivity (Wildman–Crippen MR) is 95.1 cm³/mol. The molecule has 0 aliphatic rings. The summed E-state index contributed by atoms with van der Waals surface area (Å²) in [6.07, 6.45) is -8.04. The summed E-state index contributed by atoms with van der Waals surface area (Å²) < 4.78 is 132. The minimum Gasteiger partial charge on any atom is -0.343 e. The summed E-state index contributed by atoms with van der Waals surface area (Å²) in [4.78, 5) is 11.1. The van der Waals surface area contributed by atoms with Crippen LogP contribution in [0.4, 0.5) is 40.8 Å². The van der Waals surface area contributed by atoms with E-state index < -0.39 is 73.9 Å². The van der Waals surface area contributed by atoms with Crippen LogP contribution in [0.25, 0.3) is 0 Å². The van der Waals surface area contributed by atoms with Crippen molar-refractivity contribution >= 4 is 21.6 Å². The Morgan fingerprint density at radius 1 is 1.12 bits per heavy atom. The van der Waals surface area contributed by atoms with Gasteiger partial charge in [0.2, 0.25) is 10.0 Å². The van der Waals surface area contributed by atoms with Crippen LogP contribution in [0.2, 0.25) is 0 Å². The Bertz CT molecular complexity index is 1140. The number of carbonyl (C=O) groups excluding carboxylic acids is 1. The number of rotatable bonds is 6. The monoisotopic (exact) mass is 493 g/mol. The minimum atomic E-state index is -5.08. The predicted octanol–water partition coefficient (Wildman–Crippen LogP) is 4.20. The molecule has 15 heteroatoms. The molecule has 0 bridgehead atoms. The van der Waals surface area contributed by atoms with Crippen LogP contribution in [0.15, 0.2) is 23.2 Å². The number of anilines is 1. The number of hydrogen-bond donors (Lipinski definition) is 1. The molecule has 1 aromatic heterocycles. The summed E-state index contributed by atoms with van der Waals surface area (Å²) >= 11 is 0. The molecule has 2 rings (SSSR count). The molecule has 0 unspecified atom stereocenters. The fourth-order valence-electron chi connectivity index (χ4n) is 2.63. The Kier molecular flexibility index (Phi) is 6.95. The number of nitrogens with zero attached hydrogens (tertiary/aromatic N) is 2. The van der Waals surface area contributed by atoms with Crippen molar-refractivity contribution in [2.75, 3.05) is 12.4 Å². The third-order valence-electron chi connectivity index (χ3n) is 4.57. The molecule has 6 nitrogen and oxygen atoms in total. The molecule has 0 spiro atoms. The van der Waals surface area contributed by atoms with E-state index in [9.17, 15) is 48.3 Å². The minimum absolute atomic E-state index is 0.151. The van der Waals surface area contributed by atoms with Crippen molar-refractivity contribution in [2.24, 2.45) is 7.05 Å². The topological polar surface area (TPSA) is 71.4 Å². The normalized spacial score (nSPS) is 13.7. The van der Waals surface area contributed by atoms with E-state index in [0.717, 1.165) is 7.05 Å². The van der Waals surface area contributed by atoms with Crippen LogP contribution >= 0.6 is 0 Å². The fraction of sp³-hybridized carbons (Fsp3) is 0.353. The number of aryl methyl sites for hydroxylation is 1. The van der Waals surface area contributed by atoms with Crippen LogP contribution < -0.4 is 5.32 Å². The highest BCUT2D eigenvalue weighted by molar-refractivity contribution is 7.89. The van der Waals surface area contributed by atoms with Gasteiger partial charge in [-0.3, -0.25) is 4.79 Å². The Morgan fingerprint density at radius 3 is 2.19 bits per heavy atom. The third kappa shape index (κ3) is 4.57. The molecule has 0 fully saturated rings. The van der Waals surface area contributed by atoms with Crippen LogP contribution in [0, 0.1) is 17.5 Å². The summed E-state index contributed by atoms with van der Waals surface area (Å²) in [5, 5.41) is 1.71. The molecule has 0 saturated carbocycles. The number of carbonyl (C=O) groups is 1. The number of hydrogen-bond acceptors (Lipinski definition) is 3. The van der Waals surface area contributed by atoms with Crippen LogP contribution in [-0.4, -0.2) is 42.5 Å². The van der Waals surface area contributed by atoms with Crippen molar-refractivity contribution in [2.45, 2.75) is 30.5 Å². The van der Waals surface area contributed by atoms with Crippen molar-refractivity contribution < 1.29 is 48.3 Å². The van der Waals surface area contributed by atoms with Gasteiger partial charge in [0.25, 0.3) is 12.3 Å². The van der Waals surface area contributed by atoms with Crippen LogP contribution in [0.1, 0.15) is 29.4 Å². The zero-order chi connectivity index (χ0) is 24.8. The van der Waals surface area contributed by atoms with Crippen LogP contribution in [0.3, 0.4) is 0 Å². The average molecular weight is 493 g/mol. The second-order valence-corrected chi connectivity index (χ2v) is 8.55. The van der Waals surface area contributed by atoms with Gasteiger partial charge in [-0.1, -0.05) is 0 Å². The van der Waals surface area contributed by atoms with Gasteiger partial charge >= 0.3 is 6.18 Å². The second kappa shape index (κ2) is 8.69. The average Bonchev–Trinajstić information content (AvgIpc) is 2.96. The Morgan fingerprint density at radius 2 is 1.69 bits per heavy atom. The molecule has 32 heavy (non-hydrogen) atoms. The zero-order valence-electron chi connectivity index (χ0n) is 16.4. The molecule has 2 aromatic rings. The van der Waals surface area contributed by atoms with Crippen molar-refractivity contribution in [1.29, 1.82) is 0 Å². The molecule has 0 radical (unpaired) electrons. The summed E-state index contributed by atoms with van der Waals surface area (Å²) in [7, 11) is -3.55. The maximum absolute atomic E-state index is 14.8. The van der Waals surface area contributed by atoms with Crippen LogP contribution in [0.5, 0.6) is 0 Å². The lowest BCUT2D eigenvalue weighted by molar-refractivity contribution is -0.164. The van der Waals surface area contributed by atoms with Gasteiger partial charge in [0.15, 0.2) is 11.6 Å². The molecule has 0 aliphatic carbocycles. The number of amides is 1. The van der Waals surface area contributed by atoms with E-state index in [1.165, 1.54) is 0 Å². The molecular weight excluding hydrogens is 478 g/mol.